The Morgan fingerprint density at radius 3 is 2.95 bits per heavy atom. The number of rotatable bonds is 3. The van der Waals surface area contributed by atoms with Crippen LogP contribution in [0.5, 0.6) is 0 Å². The number of hydrogen-bond acceptors (Lipinski definition) is 3. The molecule has 1 aliphatic carbocycles. The fourth-order valence-corrected chi connectivity index (χ4v) is 3.54. The van der Waals surface area contributed by atoms with Gasteiger partial charge in [-0.25, -0.2) is 0 Å². The first-order valence-corrected chi connectivity index (χ1v) is 7.60. The second-order valence-corrected chi connectivity index (χ2v) is 5.96. The summed E-state index contributed by atoms with van der Waals surface area (Å²) in [5.41, 5.74) is 10.2. The van der Waals surface area contributed by atoms with Gasteiger partial charge in [-0.3, -0.25) is 4.90 Å². The predicted octanol–water partition coefficient (Wildman–Crippen LogP) is 2.28. The monoisotopic (exact) mass is 273 g/mol. The molecule has 0 saturated carbocycles. The molecule has 20 heavy (non-hydrogen) atoms. The molecule has 108 valence electrons. The highest BCUT2D eigenvalue weighted by atomic mass is 16.4. The number of oxime groups is 1. The van der Waals surface area contributed by atoms with Crippen molar-refractivity contribution in [3.63, 3.8) is 0 Å². The molecule has 2 aliphatic rings. The van der Waals surface area contributed by atoms with Gasteiger partial charge in [-0.05, 0) is 55.3 Å². The van der Waals surface area contributed by atoms with E-state index in [4.69, 9.17) is 10.9 Å². The molecule has 0 spiro atoms. The zero-order valence-electron chi connectivity index (χ0n) is 11.9. The van der Waals surface area contributed by atoms with E-state index in [-0.39, 0.29) is 6.04 Å². The fourth-order valence-electron chi connectivity index (χ4n) is 3.54. The minimum Gasteiger partial charge on any atom is -0.409 e. The van der Waals surface area contributed by atoms with E-state index in [1.54, 1.807) is 0 Å². The Balaban J connectivity index is 1.75. The van der Waals surface area contributed by atoms with E-state index in [9.17, 15) is 0 Å². The number of likely N-dealkylation sites (tertiary alicyclic amines) is 1. The van der Waals surface area contributed by atoms with Gasteiger partial charge in [0.05, 0.1) is 6.04 Å². The van der Waals surface area contributed by atoms with Gasteiger partial charge in [0.2, 0.25) is 0 Å². The molecule has 0 aromatic heterocycles. The quantitative estimate of drug-likeness (QED) is 0.384. The van der Waals surface area contributed by atoms with Gasteiger partial charge in [0.15, 0.2) is 5.84 Å². The Hall–Kier alpha value is -1.55. The first-order chi connectivity index (χ1) is 9.78. The van der Waals surface area contributed by atoms with Crippen LogP contribution in [0.1, 0.15) is 42.4 Å². The maximum atomic E-state index is 8.93. The van der Waals surface area contributed by atoms with Crippen LogP contribution in [0.2, 0.25) is 0 Å². The van der Waals surface area contributed by atoms with Crippen LogP contribution < -0.4 is 5.73 Å². The largest absolute Gasteiger partial charge is 0.409 e. The number of benzene rings is 1. The van der Waals surface area contributed by atoms with E-state index < -0.39 is 0 Å². The van der Waals surface area contributed by atoms with E-state index >= 15 is 0 Å². The standard InChI is InChI=1S/C16H23N3O/c17-16(18-20)15-6-1-2-9-19(15)11-12-7-8-13-4-3-5-14(13)10-12/h7-8,10,15,20H,1-6,9,11H2,(H2,17,18). The Morgan fingerprint density at radius 2 is 2.10 bits per heavy atom. The van der Waals surface area contributed by atoms with E-state index in [1.807, 2.05) is 0 Å². The van der Waals surface area contributed by atoms with Crippen molar-refractivity contribution in [2.75, 3.05) is 6.54 Å². The molecule has 0 bridgehead atoms. The van der Waals surface area contributed by atoms with Crippen molar-refractivity contribution in [3.05, 3.63) is 34.9 Å². The van der Waals surface area contributed by atoms with Crippen LogP contribution in [-0.2, 0) is 19.4 Å². The van der Waals surface area contributed by atoms with Crippen LogP contribution in [0.3, 0.4) is 0 Å². The van der Waals surface area contributed by atoms with Gasteiger partial charge in [-0.2, -0.15) is 0 Å². The predicted molar refractivity (Wildman–Crippen MR) is 79.9 cm³/mol. The summed E-state index contributed by atoms with van der Waals surface area (Å²) in [5, 5.41) is 12.1. The Morgan fingerprint density at radius 1 is 1.25 bits per heavy atom. The lowest BCUT2D eigenvalue weighted by atomic mass is 9.99. The van der Waals surface area contributed by atoms with Crippen LogP contribution in [0.4, 0.5) is 0 Å². The minimum absolute atomic E-state index is 0.0852. The maximum absolute atomic E-state index is 8.93. The second kappa shape index (κ2) is 5.83. The zero-order valence-corrected chi connectivity index (χ0v) is 11.9. The summed E-state index contributed by atoms with van der Waals surface area (Å²) in [7, 11) is 0. The normalized spacial score (nSPS) is 23.8. The number of fused-ring (bicyclic) bond motifs is 1. The first kappa shape index (κ1) is 13.4. The molecule has 4 heteroatoms. The van der Waals surface area contributed by atoms with Gasteiger partial charge in [-0.1, -0.05) is 29.8 Å². The van der Waals surface area contributed by atoms with Crippen molar-refractivity contribution in [3.8, 4) is 0 Å². The first-order valence-electron chi connectivity index (χ1n) is 7.60. The van der Waals surface area contributed by atoms with Crippen molar-refractivity contribution in [1.29, 1.82) is 0 Å². The summed E-state index contributed by atoms with van der Waals surface area (Å²) >= 11 is 0. The van der Waals surface area contributed by atoms with E-state index in [2.05, 4.69) is 28.3 Å². The number of piperidine rings is 1. The lowest BCUT2D eigenvalue weighted by Crippen LogP contribution is -2.47. The smallest absolute Gasteiger partial charge is 0.156 e. The van der Waals surface area contributed by atoms with Gasteiger partial charge in [0, 0.05) is 6.54 Å². The van der Waals surface area contributed by atoms with Crippen LogP contribution in [-0.4, -0.2) is 28.5 Å². The maximum Gasteiger partial charge on any atom is 0.156 e. The Labute approximate surface area is 120 Å². The molecule has 3 N–H and O–H groups in total. The average molecular weight is 273 g/mol. The second-order valence-electron chi connectivity index (χ2n) is 5.96. The number of hydrogen-bond donors (Lipinski definition) is 2. The van der Waals surface area contributed by atoms with Crippen molar-refractivity contribution >= 4 is 5.84 Å². The molecule has 1 fully saturated rings. The van der Waals surface area contributed by atoms with Gasteiger partial charge < -0.3 is 10.9 Å². The summed E-state index contributed by atoms with van der Waals surface area (Å²) in [6, 6.07) is 6.95. The Kier molecular flexibility index (Phi) is 3.92. The molecule has 1 heterocycles. The molecule has 1 atom stereocenters. The van der Waals surface area contributed by atoms with E-state index in [0.717, 1.165) is 25.9 Å². The average Bonchev–Trinajstić information content (AvgIpc) is 2.94. The van der Waals surface area contributed by atoms with Crippen LogP contribution in [0.15, 0.2) is 23.4 Å². The van der Waals surface area contributed by atoms with Crippen molar-refractivity contribution in [1.82, 2.24) is 4.90 Å². The van der Waals surface area contributed by atoms with Crippen LogP contribution in [0.25, 0.3) is 0 Å². The van der Waals surface area contributed by atoms with Crippen LogP contribution >= 0.6 is 0 Å². The van der Waals surface area contributed by atoms with Crippen molar-refractivity contribution in [2.24, 2.45) is 10.9 Å². The molecular weight excluding hydrogens is 250 g/mol. The fraction of sp³-hybridized carbons (Fsp3) is 0.562. The molecule has 0 radical (unpaired) electrons. The van der Waals surface area contributed by atoms with Gasteiger partial charge in [0.25, 0.3) is 0 Å². The van der Waals surface area contributed by atoms with Crippen molar-refractivity contribution in [2.45, 2.75) is 51.1 Å². The summed E-state index contributed by atoms with van der Waals surface area (Å²) in [4.78, 5) is 2.34. The van der Waals surface area contributed by atoms with Crippen LogP contribution in [0, 0.1) is 0 Å². The number of nitrogens with zero attached hydrogens (tertiary/aromatic N) is 2. The molecule has 1 aromatic carbocycles. The third-order valence-electron chi connectivity index (χ3n) is 4.62. The highest BCUT2D eigenvalue weighted by Gasteiger charge is 2.26. The number of amidine groups is 1. The molecule has 0 amide bonds. The molecule has 1 unspecified atom stereocenters. The molecule has 4 nitrogen and oxygen atoms in total. The SMILES string of the molecule is NC(=NO)C1CCCCN1Cc1ccc2c(c1)CCC2. The Bertz CT molecular complexity index is 512. The van der Waals surface area contributed by atoms with Gasteiger partial charge >= 0.3 is 0 Å². The summed E-state index contributed by atoms with van der Waals surface area (Å²) in [6.45, 7) is 1.92. The topological polar surface area (TPSA) is 61.9 Å². The molecule has 1 saturated heterocycles. The van der Waals surface area contributed by atoms with E-state index in [0.29, 0.717) is 5.84 Å². The number of nitrogens with two attached hydrogens (primary N) is 1. The number of aryl methyl sites for hydroxylation is 2. The highest BCUT2D eigenvalue weighted by Crippen LogP contribution is 2.25. The summed E-state index contributed by atoms with van der Waals surface area (Å²) in [5.74, 6) is 0.353. The summed E-state index contributed by atoms with van der Waals surface area (Å²) < 4.78 is 0. The third kappa shape index (κ3) is 2.66. The lowest BCUT2D eigenvalue weighted by Gasteiger charge is -2.34. The van der Waals surface area contributed by atoms with E-state index in [1.165, 1.54) is 42.4 Å². The third-order valence-corrected chi connectivity index (χ3v) is 4.62. The zero-order chi connectivity index (χ0) is 13.9. The van der Waals surface area contributed by atoms with Gasteiger partial charge in [-0.15, -0.1) is 0 Å². The van der Waals surface area contributed by atoms with Crippen molar-refractivity contribution < 1.29 is 5.21 Å². The minimum atomic E-state index is 0.0852. The highest BCUT2D eigenvalue weighted by molar-refractivity contribution is 5.85. The summed E-state index contributed by atoms with van der Waals surface area (Å²) in [6.07, 6.45) is 7.07. The van der Waals surface area contributed by atoms with Gasteiger partial charge in [0.1, 0.15) is 0 Å². The lowest BCUT2D eigenvalue weighted by molar-refractivity contribution is 0.178. The molecule has 1 aromatic rings. The molecule has 1 aliphatic heterocycles. The molecule has 3 rings (SSSR count). The molecular formula is C16H23N3O.